The molecule has 0 unspecified atom stereocenters. The average molecular weight is 295 g/mol. The number of hydrogen-bond acceptors (Lipinski definition) is 3. The summed E-state index contributed by atoms with van der Waals surface area (Å²) in [7, 11) is 0. The summed E-state index contributed by atoms with van der Waals surface area (Å²) in [5.41, 5.74) is 2.26. The van der Waals surface area contributed by atoms with Crippen molar-refractivity contribution in [2.24, 2.45) is 0 Å². The highest BCUT2D eigenvalue weighted by Crippen LogP contribution is 2.26. The van der Waals surface area contributed by atoms with E-state index in [2.05, 4.69) is 11.1 Å². The second-order valence-corrected chi connectivity index (χ2v) is 5.31. The normalized spacial score (nSPS) is 11.3. The summed E-state index contributed by atoms with van der Waals surface area (Å²) in [4.78, 5) is 4.29. The summed E-state index contributed by atoms with van der Waals surface area (Å²) in [5.74, 6) is 0. The number of benzene rings is 1. The molecule has 0 fully saturated rings. The Labute approximate surface area is 119 Å². The fourth-order valence-electron chi connectivity index (χ4n) is 1.39. The van der Waals surface area contributed by atoms with Gasteiger partial charge in [-0.3, -0.25) is 0 Å². The van der Waals surface area contributed by atoms with Crippen LogP contribution >= 0.6 is 34.5 Å². The third kappa shape index (κ3) is 2.91. The summed E-state index contributed by atoms with van der Waals surface area (Å²) in [6, 6.07) is 7.39. The Hall–Kier alpha value is -1.34. The van der Waals surface area contributed by atoms with Gasteiger partial charge in [-0.15, -0.1) is 11.3 Å². The highest BCUT2D eigenvalue weighted by molar-refractivity contribution is 7.11. The van der Waals surface area contributed by atoms with Crippen LogP contribution in [0.2, 0.25) is 10.0 Å². The van der Waals surface area contributed by atoms with E-state index in [0.717, 1.165) is 11.3 Å². The maximum Gasteiger partial charge on any atom is 0.134 e. The van der Waals surface area contributed by atoms with E-state index in [1.807, 2.05) is 18.4 Å². The smallest absolute Gasteiger partial charge is 0.134 e. The Morgan fingerprint density at radius 2 is 2.17 bits per heavy atom. The lowest BCUT2D eigenvalue weighted by molar-refractivity contribution is 1.25. The summed E-state index contributed by atoms with van der Waals surface area (Å²) in [5, 5.41) is 12.8. The zero-order chi connectivity index (χ0) is 13.1. The number of nitriles is 1. The standard InChI is InChI=1S/C13H8Cl2N2S/c1-8-7-18-13(17-8)10(6-16)4-9-2-3-11(14)12(15)5-9/h2-5,7H,1H3/b10-4-. The summed E-state index contributed by atoms with van der Waals surface area (Å²) >= 11 is 13.2. The molecule has 0 atom stereocenters. The third-order valence-corrected chi connectivity index (χ3v) is 3.96. The lowest BCUT2D eigenvalue weighted by Crippen LogP contribution is -1.82. The van der Waals surface area contributed by atoms with Gasteiger partial charge in [0.1, 0.15) is 11.1 Å². The van der Waals surface area contributed by atoms with Crippen molar-refractivity contribution in [2.45, 2.75) is 6.92 Å². The zero-order valence-corrected chi connectivity index (χ0v) is 11.8. The van der Waals surface area contributed by atoms with Crippen LogP contribution in [0.1, 0.15) is 16.3 Å². The van der Waals surface area contributed by atoms with Crippen molar-refractivity contribution in [3.05, 3.63) is 49.9 Å². The molecule has 90 valence electrons. The highest BCUT2D eigenvalue weighted by atomic mass is 35.5. The molecule has 0 amide bonds. The number of aryl methyl sites for hydroxylation is 1. The molecule has 2 rings (SSSR count). The van der Waals surface area contributed by atoms with Gasteiger partial charge in [-0.25, -0.2) is 4.98 Å². The summed E-state index contributed by atoms with van der Waals surface area (Å²) in [6.07, 6.45) is 1.75. The van der Waals surface area contributed by atoms with E-state index in [1.54, 1.807) is 18.2 Å². The second kappa shape index (κ2) is 5.53. The largest absolute Gasteiger partial charge is 0.241 e. The lowest BCUT2D eigenvalue weighted by Gasteiger charge is -1.98. The van der Waals surface area contributed by atoms with Gasteiger partial charge in [0.25, 0.3) is 0 Å². The predicted octanol–water partition coefficient (Wildman–Crippen LogP) is 4.82. The van der Waals surface area contributed by atoms with Gasteiger partial charge in [0, 0.05) is 11.1 Å². The second-order valence-electron chi connectivity index (χ2n) is 3.64. The van der Waals surface area contributed by atoms with E-state index in [-0.39, 0.29) is 0 Å². The van der Waals surface area contributed by atoms with Gasteiger partial charge in [-0.1, -0.05) is 29.3 Å². The van der Waals surface area contributed by atoms with Crippen molar-refractivity contribution in [3.8, 4) is 6.07 Å². The van der Waals surface area contributed by atoms with Crippen molar-refractivity contribution in [2.75, 3.05) is 0 Å². The van der Waals surface area contributed by atoms with Crippen LogP contribution in [0.25, 0.3) is 11.6 Å². The van der Waals surface area contributed by atoms with Crippen LogP contribution in [0.3, 0.4) is 0 Å². The lowest BCUT2D eigenvalue weighted by atomic mass is 10.1. The van der Waals surface area contributed by atoms with Gasteiger partial charge in [-0.2, -0.15) is 5.26 Å². The first kappa shape index (κ1) is 13.1. The van der Waals surface area contributed by atoms with Crippen LogP contribution in [0, 0.1) is 18.3 Å². The van der Waals surface area contributed by atoms with Crippen molar-refractivity contribution >= 4 is 46.2 Å². The molecule has 1 heterocycles. The topological polar surface area (TPSA) is 36.7 Å². The minimum absolute atomic E-state index is 0.470. The van der Waals surface area contributed by atoms with Crippen LogP contribution in [-0.4, -0.2) is 4.98 Å². The van der Waals surface area contributed by atoms with Crippen LogP contribution in [0.5, 0.6) is 0 Å². The summed E-state index contributed by atoms with van der Waals surface area (Å²) in [6.45, 7) is 1.90. The van der Waals surface area contributed by atoms with Crippen LogP contribution < -0.4 is 0 Å². The number of aromatic nitrogens is 1. The SMILES string of the molecule is Cc1csc(/C(C#N)=C\c2ccc(Cl)c(Cl)c2)n1. The molecule has 0 aliphatic carbocycles. The molecule has 0 saturated heterocycles. The molecule has 1 aromatic heterocycles. The molecule has 2 aromatic rings. The van der Waals surface area contributed by atoms with Gasteiger partial charge in [0.05, 0.1) is 15.6 Å². The Bertz CT molecular complexity index is 653. The van der Waals surface area contributed by atoms with E-state index in [9.17, 15) is 0 Å². The molecule has 0 aliphatic heterocycles. The molecule has 5 heteroatoms. The molecule has 2 nitrogen and oxygen atoms in total. The minimum Gasteiger partial charge on any atom is -0.241 e. The monoisotopic (exact) mass is 294 g/mol. The number of thiazole rings is 1. The maximum atomic E-state index is 9.16. The average Bonchev–Trinajstić information content (AvgIpc) is 2.77. The van der Waals surface area contributed by atoms with E-state index in [4.69, 9.17) is 28.5 Å². The van der Waals surface area contributed by atoms with E-state index in [0.29, 0.717) is 20.6 Å². The molecule has 0 radical (unpaired) electrons. The maximum absolute atomic E-state index is 9.16. The number of rotatable bonds is 2. The molecule has 0 saturated carbocycles. The molecule has 0 bridgehead atoms. The van der Waals surface area contributed by atoms with Crippen LogP contribution in [0.4, 0.5) is 0 Å². The minimum atomic E-state index is 0.470. The van der Waals surface area contributed by atoms with E-state index < -0.39 is 0 Å². The molecule has 0 N–H and O–H groups in total. The number of halogens is 2. The third-order valence-electron chi connectivity index (χ3n) is 2.22. The van der Waals surface area contributed by atoms with Crippen molar-refractivity contribution < 1.29 is 0 Å². The first-order chi connectivity index (χ1) is 8.60. The summed E-state index contributed by atoms with van der Waals surface area (Å²) < 4.78 is 0. The first-order valence-corrected chi connectivity index (χ1v) is 6.73. The Morgan fingerprint density at radius 3 is 2.72 bits per heavy atom. The van der Waals surface area contributed by atoms with Gasteiger partial charge in [0.2, 0.25) is 0 Å². The Morgan fingerprint density at radius 1 is 1.39 bits per heavy atom. The van der Waals surface area contributed by atoms with Crippen molar-refractivity contribution in [3.63, 3.8) is 0 Å². The molecule has 0 spiro atoms. The number of hydrogen-bond donors (Lipinski definition) is 0. The fourth-order valence-corrected chi connectivity index (χ4v) is 2.46. The first-order valence-electron chi connectivity index (χ1n) is 5.09. The number of nitrogens with zero attached hydrogens (tertiary/aromatic N) is 2. The zero-order valence-electron chi connectivity index (χ0n) is 9.45. The molecule has 18 heavy (non-hydrogen) atoms. The molecular weight excluding hydrogens is 287 g/mol. The quantitative estimate of drug-likeness (QED) is 0.744. The van der Waals surface area contributed by atoms with E-state index in [1.165, 1.54) is 11.3 Å². The van der Waals surface area contributed by atoms with E-state index >= 15 is 0 Å². The van der Waals surface area contributed by atoms with Crippen molar-refractivity contribution in [1.82, 2.24) is 4.98 Å². The van der Waals surface area contributed by atoms with Gasteiger partial charge < -0.3 is 0 Å². The van der Waals surface area contributed by atoms with Crippen molar-refractivity contribution in [1.29, 1.82) is 5.26 Å². The Kier molecular flexibility index (Phi) is 4.03. The van der Waals surface area contributed by atoms with Gasteiger partial charge >= 0.3 is 0 Å². The number of allylic oxidation sites excluding steroid dienone is 1. The van der Waals surface area contributed by atoms with Gasteiger partial charge in [-0.05, 0) is 30.7 Å². The highest BCUT2D eigenvalue weighted by Gasteiger charge is 2.06. The molecule has 1 aromatic carbocycles. The fraction of sp³-hybridized carbons (Fsp3) is 0.0769. The Balaban J connectivity index is 2.41. The van der Waals surface area contributed by atoms with Crippen LogP contribution in [-0.2, 0) is 0 Å². The van der Waals surface area contributed by atoms with Crippen LogP contribution in [0.15, 0.2) is 23.6 Å². The molecule has 0 aliphatic rings. The predicted molar refractivity (Wildman–Crippen MR) is 76.8 cm³/mol. The van der Waals surface area contributed by atoms with Gasteiger partial charge in [0.15, 0.2) is 0 Å². The molecular formula is C13H8Cl2N2S.